The summed E-state index contributed by atoms with van der Waals surface area (Å²) in [7, 11) is -4.66. The molecule has 146 valence electrons. The maximum atomic E-state index is 12.0. The highest BCUT2D eigenvalue weighted by Crippen LogP contribution is 2.30. The molecule has 1 saturated heterocycles. The Morgan fingerprint density at radius 3 is 2.50 bits per heavy atom. The van der Waals surface area contributed by atoms with Crippen LogP contribution in [-0.2, 0) is 33.2 Å². The molecule has 0 aromatic rings. The lowest BCUT2D eigenvalue weighted by Crippen LogP contribution is -2.46. The van der Waals surface area contributed by atoms with E-state index in [1.165, 1.54) is 19.1 Å². The van der Waals surface area contributed by atoms with Gasteiger partial charge in [0.1, 0.15) is 0 Å². The number of nitrogens with two attached hydrogens (primary N) is 2. The molecule has 0 bridgehead atoms. The summed E-state index contributed by atoms with van der Waals surface area (Å²) in [4.78, 5) is 34.3. The molecule has 0 saturated carbocycles. The van der Waals surface area contributed by atoms with E-state index in [0.717, 1.165) is 0 Å². The predicted octanol–water partition coefficient (Wildman–Crippen LogP) is -0.667. The Balaban J connectivity index is 2.02. The number of carbonyl (C=O) groups excluding carboxylic acids is 3. The van der Waals surface area contributed by atoms with Crippen LogP contribution in [0, 0.1) is 11.3 Å². The first-order valence-electron chi connectivity index (χ1n) is 7.86. The van der Waals surface area contributed by atoms with Gasteiger partial charge in [-0.25, -0.2) is 8.98 Å². The van der Waals surface area contributed by atoms with Crippen molar-refractivity contribution < 1.29 is 36.0 Å². The van der Waals surface area contributed by atoms with Crippen LogP contribution in [0.4, 0.5) is 4.79 Å². The third-order valence-corrected chi connectivity index (χ3v) is 5.05. The second-order valence-electron chi connectivity index (χ2n) is 6.39. The zero-order valence-electron chi connectivity index (χ0n) is 14.1. The number of carbonyl (C=O) groups is 3. The van der Waals surface area contributed by atoms with Gasteiger partial charge in [0, 0.05) is 0 Å². The number of rotatable bonds is 7. The largest absolute Gasteiger partial charge is 0.465 e. The molecule has 11 nitrogen and oxygen atoms in total. The molecule has 0 unspecified atom stereocenters. The van der Waals surface area contributed by atoms with Crippen molar-refractivity contribution in [3.8, 4) is 0 Å². The molecule has 0 aromatic heterocycles. The van der Waals surface area contributed by atoms with Gasteiger partial charge in [-0.15, -0.1) is 4.28 Å². The number of urea groups is 1. The number of ether oxygens (including phenoxy) is 1. The minimum atomic E-state index is -4.66. The summed E-state index contributed by atoms with van der Waals surface area (Å²) < 4.78 is 38.2. The highest BCUT2D eigenvalue weighted by Gasteiger charge is 2.42. The van der Waals surface area contributed by atoms with Crippen LogP contribution in [0.2, 0.25) is 0 Å². The van der Waals surface area contributed by atoms with Gasteiger partial charge in [-0.2, -0.15) is 13.5 Å². The maximum absolute atomic E-state index is 12.0. The summed E-state index contributed by atoms with van der Waals surface area (Å²) in [6, 6.07) is -1.97. The summed E-state index contributed by atoms with van der Waals surface area (Å²) in [5.41, 5.74) is 9.25. The SMILES string of the molecule is C[C@]1(COS(=O)(=O)ON(C(N)=O)[C@H]2C=C[C@H](C(N)=O)CC2)CCOC1=O. The lowest BCUT2D eigenvalue weighted by Gasteiger charge is -2.29. The van der Waals surface area contributed by atoms with Gasteiger partial charge in [-0.3, -0.25) is 9.59 Å². The standard InChI is InChI=1S/C14H21N3O8S/c1-14(6-7-23-12(14)19)8-24-26(21,22)25-17(13(16)20)10-4-2-9(3-5-10)11(15)18/h2,4,9-10H,3,5-8H2,1H3,(H2,15,18)(H2,16,20)/t9-,10-,14+/m0/s1. The molecule has 1 aliphatic heterocycles. The molecule has 1 fully saturated rings. The maximum Gasteiger partial charge on any atom is 0.421 e. The van der Waals surface area contributed by atoms with Crippen molar-refractivity contribution in [3.63, 3.8) is 0 Å². The molecule has 1 heterocycles. The Kier molecular flexibility index (Phi) is 5.88. The molecule has 3 atom stereocenters. The summed E-state index contributed by atoms with van der Waals surface area (Å²) in [5.74, 6) is -1.62. The average molecular weight is 391 g/mol. The number of primary amides is 2. The fourth-order valence-corrected chi connectivity index (χ4v) is 3.42. The summed E-state index contributed by atoms with van der Waals surface area (Å²) in [6.45, 7) is 1.17. The molecule has 2 rings (SSSR count). The van der Waals surface area contributed by atoms with Crippen molar-refractivity contribution in [2.24, 2.45) is 22.8 Å². The lowest BCUT2D eigenvalue weighted by molar-refractivity contribution is -0.147. The van der Waals surface area contributed by atoms with Gasteiger partial charge in [0.05, 0.1) is 30.6 Å². The van der Waals surface area contributed by atoms with Crippen molar-refractivity contribution in [2.75, 3.05) is 13.2 Å². The number of hydroxylamine groups is 2. The van der Waals surface area contributed by atoms with Crippen molar-refractivity contribution in [3.05, 3.63) is 12.2 Å². The summed E-state index contributed by atoms with van der Waals surface area (Å²) in [5, 5.41) is 0.443. The Morgan fingerprint density at radius 2 is 2.04 bits per heavy atom. The normalized spacial score (nSPS) is 28.6. The van der Waals surface area contributed by atoms with Gasteiger partial charge in [0.2, 0.25) is 5.91 Å². The van der Waals surface area contributed by atoms with Gasteiger partial charge in [-0.1, -0.05) is 12.2 Å². The number of nitrogens with zero attached hydrogens (tertiary/aromatic N) is 1. The van der Waals surface area contributed by atoms with Crippen LogP contribution < -0.4 is 11.5 Å². The van der Waals surface area contributed by atoms with Crippen LogP contribution in [0.15, 0.2) is 12.2 Å². The minimum Gasteiger partial charge on any atom is -0.465 e. The van der Waals surface area contributed by atoms with Gasteiger partial charge in [-0.05, 0) is 26.2 Å². The van der Waals surface area contributed by atoms with E-state index in [1.807, 2.05) is 0 Å². The van der Waals surface area contributed by atoms with Gasteiger partial charge < -0.3 is 16.2 Å². The fraction of sp³-hybridized carbons (Fsp3) is 0.643. The molecule has 0 aromatic carbocycles. The van der Waals surface area contributed by atoms with E-state index in [9.17, 15) is 22.8 Å². The topological polar surface area (TPSA) is 168 Å². The molecular weight excluding hydrogens is 370 g/mol. The first-order valence-corrected chi connectivity index (χ1v) is 9.20. The van der Waals surface area contributed by atoms with Crippen molar-refractivity contribution in [1.29, 1.82) is 0 Å². The first-order chi connectivity index (χ1) is 12.0. The second kappa shape index (κ2) is 7.60. The molecule has 4 N–H and O–H groups in total. The third kappa shape index (κ3) is 4.71. The number of hydrogen-bond donors (Lipinski definition) is 2. The van der Waals surface area contributed by atoms with Crippen LogP contribution in [0.5, 0.6) is 0 Å². The van der Waals surface area contributed by atoms with E-state index in [2.05, 4.69) is 4.28 Å². The highest BCUT2D eigenvalue weighted by molar-refractivity contribution is 7.81. The van der Waals surface area contributed by atoms with Crippen molar-refractivity contribution in [1.82, 2.24) is 5.06 Å². The van der Waals surface area contributed by atoms with Crippen LogP contribution in [0.25, 0.3) is 0 Å². The summed E-state index contributed by atoms with van der Waals surface area (Å²) >= 11 is 0. The second-order valence-corrected chi connectivity index (χ2v) is 7.60. The molecule has 3 amide bonds. The fourth-order valence-electron chi connectivity index (χ4n) is 2.59. The highest BCUT2D eigenvalue weighted by atomic mass is 32.3. The molecule has 1 aliphatic carbocycles. The van der Waals surface area contributed by atoms with E-state index in [4.69, 9.17) is 20.4 Å². The van der Waals surface area contributed by atoms with Gasteiger partial charge in [0.15, 0.2) is 0 Å². The van der Waals surface area contributed by atoms with Crippen molar-refractivity contribution >= 4 is 28.3 Å². The van der Waals surface area contributed by atoms with Crippen LogP contribution in [0.3, 0.4) is 0 Å². The summed E-state index contributed by atoms with van der Waals surface area (Å²) in [6.07, 6.45) is 3.68. The zero-order valence-corrected chi connectivity index (χ0v) is 14.9. The smallest absolute Gasteiger partial charge is 0.421 e. The number of hydrogen-bond acceptors (Lipinski definition) is 8. The quantitative estimate of drug-likeness (QED) is 0.327. The molecule has 26 heavy (non-hydrogen) atoms. The number of cyclic esters (lactones) is 1. The Labute approximate surface area is 150 Å². The van der Waals surface area contributed by atoms with E-state index < -0.39 is 52.3 Å². The van der Waals surface area contributed by atoms with Gasteiger partial charge >= 0.3 is 22.4 Å². The van der Waals surface area contributed by atoms with Crippen LogP contribution in [0.1, 0.15) is 26.2 Å². The van der Waals surface area contributed by atoms with E-state index in [-0.39, 0.29) is 13.0 Å². The Hall–Kier alpha value is -2.18. The first kappa shape index (κ1) is 20.1. The van der Waals surface area contributed by atoms with E-state index in [1.54, 1.807) is 0 Å². The van der Waals surface area contributed by atoms with E-state index >= 15 is 0 Å². The molecular formula is C14H21N3O8S. The average Bonchev–Trinajstić information content (AvgIpc) is 2.90. The van der Waals surface area contributed by atoms with Crippen molar-refractivity contribution in [2.45, 2.75) is 32.2 Å². The predicted molar refractivity (Wildman–Crippen MR) is 85.9 cm³/mol. The monoisotopic (exact) mass is 391 g/mol. The van der Waals surface area contributed by atoms with E-state index in [0.29, 0.717) is 17.9 Å². The molecule has 0 spiro atoms. The van der Waals surface area contributed by atoms with Crippen LogP contribution in [-0.4, -0.2) is 50.6 Å². The number of amides is 3. The molecule has 12 heteroatoms. The lowest BCUT2D eigenvalue weighted by atomic mass is 9.91. The third-order valence-electron chi connectivity index (χ3n) is 4.30. The zero-order chi connectivity index (χ0) is 19.5. The van der Waals surface area contributed by atoms with Gasteiger partial charge in [0.25, 0.3) is 0 Å². The Bertz CT molecular complexity index is 722. The number of esters is 1. The minimum absolute atomic E-state index is 0.168. The molecule has 0 radical (unpaired) electrons. The Morgan fingerprint density at radius 1 is 1.35 bits per heavy atom. The molecule has 2 aliphatic rings. The van der Waals surface area contributed by atoms with Crippen LogP contribution >= 0.6 is 0 Å².